The Hall–Kier alpha value is -2.38. The highest BCUT2D eigenvalue weighted by Crippen LogP contribution is 2.33. The van der Waals surface area contributed by atoms with E-state index in [1.807, 2.05) is 35.9 Å². The lowest BCUT2D eigenvalue weighted by Gasteiger charge is -2.25. The summed E-state index contributed by atoms with van der Waals surface area (Å²) in [6.45, 7) is 6.12. The summed E-state index contributed by atoms with van der Waals surface area (Å²) in [6, 6.07) is 7.90. The van der Waals surface area contributed by atoms with Crippen molar-refractivity contribution in [3.05, 3.63) is 52.3 Å². The lowest BCUT2D eigenvalue weighted by atomic mass is 10.0. The highest BCUT2D eigenvalue weighted by Gasteiger charge is 2.26. The molecule has 1 fully saturated rings. The molecule has 4 rings (SSSR count). The first kappa shape index (κ1) is 21.8. The molecular weight excluding hydrogens is 432 g/mol. The van der Waals surface area contributed by atoms with E-state index < -0.39 is 9.52 Å². The number of aryl methyl sites for hydroxylation is 1. The third-order valence-corrected chi connectivity index (χ3v) is 8.26. The van der Waals surface area contributed by atoms with Gasteiger partial charge in [0.25, 0.3) is 5.91 Å². The monoisotopic (exact) mass is 458 g/mol. The fourth-order valence-corrected chi connectivity index (χ4v) is 5.95. The van der Waals surface area contributed by atoms with Gasteiger partial charge in [0.15, 0.2) is 5.65 Å². The lowest BCUT2D eigenvalue weighted by molar-refractivity contribution is 0.102. The molecular formula is C23H27ClN4O2S. The Bertz CT molecular complexity index is 1230. The normalized spacial score (nSPS) is 21.5. The lowest BCUT2D eigenvalue weighted by Crippen LogP contribution is -2.26. The maximum Gasteiger partial charge on any atom is 0.258 e. The topological polar surface area (TPSA) is 76.9 Å². The Morgan fingerprint density at radius 3 is 2.52 bits per heavy atom. The average Bonchev–Trinajstić information content (AvgIpc) is 3.06. The zero-order valence-corrected chi connectivity index (χ0v) is 19.6. The molecule has 3 aromatic rings. The number of pyridine rings is 1. The molecule has 0 atom stereocenters. The highest BCUT2D eigenvalue weighted by molar-refractivity contribution is 8.00. The first-order valence-electron chi connectivity index (χ1n) is 10.4. The predicted octanol–water partition coefficient (Wildman–Crippen LogP) is 4.82. The number of hydrogen-bond acceptors (Lipinski definition) is 4. The number of halogens is 1. The molecule has 8 heteroatoms. The molecule has 0 saturated carbocycles. The van der Waals surface area contributed by atoms with Gasteiger partial charge in [-0.3, -0.25) is 9.00 Å². The van der Waals surface area contributed by atoms with Crippen molar-refractivity contribution in [1.82, 2.24) is 14.8 Å². The molecule has 1 aromatic carbocycles. The maximum atomic E-state index is 12.9. The van der Waals surface area contributed by atoms with Crippen LogP contribution in [0.4, 0.5) is 5.69 Å². The predicted molar refractivity (Wildman–Crippen MR) is 129 cm³/mol. The minimum atomic E-state index is -1.97. The summed E-state index contributed by atoms with van der Waals surface area (Å²) < 4.78 is 14.1. The largest absolute Gasteiger partial charge is 0.322 e. The minimum absolute atomic E-state index is 0.107. The molecule has 0 aliphatic carbocycles. The van der Waals surface area contributed by atoms with Crippen molar-refractivity contribution in [2.45, 2.75) is 45.6 Å². The number of carbonyl (C=O) groups is 1. The summed E-state index contributed by atoms with van der Waals surface area (Å²) in [4.78, 5) is 17.4. The minimum Gasteiger partial charge on any atom is -0.322 e. The van der Waals surface area contributed by atoms with Crippen LogP contribution in [0.5, 0.6) is 0 Å². The Balaban J connectivity index is 1.62. The number of benzene rings is 1. The van der Waals surface area contributed by atoms with Crippen molar-refractivity contribution in [2.75, 3.05) is 16.8 Å². The zero-order valence-electron chi connectivity index (χ0n) is 18.0. The number of nitrogens with zero attached hydrogens (tertiary/aromatic N) is 3. The first-order valence-corrected chi connectivity index (χ1v) is 12.9. The molecule has 164 valence electrons. The van der Waals surface area contributed by atoms with Crippen LogP contribution < -0.4 is 5.32 Å². The highest BCUT2D eigenvalue weighted by atomic mass is 35.5. The van der Waals surface area contributed by atoms with E-state index in [2.05, 4.69) is 35.1 Å². The molecule has 1 saturated heterocycles. The molecule has 1 aliphatic rings. The molecule has 0 unspecified atom stereocenters. The van der Waals surface area contributed by atoms with Crippen LogP contribution in [0, 0.1) is 6.92 Å². The van der Waals surface area contributed by atoms with Crippen molar-refractivity contribution >= 4 is 49.6 Å². The van der Waals surface area contributed by atoms with E-state index in [1.165, 1.54) is 11.8 Å². The number of rotatable bonds is 4. The summed E-state index contributed by atoms with van der Waals surface area (Å²) >= 11 is 6.66. The van der Waals surface area contributed by atoms with Crippen LogP contribution in [0.1, 0.15) is 60.3 Å². The summed E-state index contributed by atoms with van der Waals surface area (Å²) in [6.07, 6.45) is 2.99. The van der Waals surface area contributed by atoms with Gasteiger partial charge in [0.1, 0.15) is 0 Å². The van der Waals surface area contributed by atoms with Crippen LogP contribution in [0.25, 0.3) is 11.0 Å². The van der Waals surface area contributed by atoms with Crippen molar-refractivity contribution in [3.63, 3.8) is 0 Å². The van der Waals surface area contributed by atoms with Gasteiger partial charge < -0.3 is 5.32 Å². The fourth-order valence-electron chi connectivity index (χ4n) is 3.99. The van der Waals surface area contributed by atoms with Crippen LogP contribution in [0.2, 0.25) is 5.02 Å². The van der Waals surface area contributed by atoms with Gasteiger partial charge in [0, 0.05) is 23.4 Å². The van der Waals surface area contributed by atoms with E-state index in [0.717, 1.165) is 18.5 Å². The van der Waals surface area contributed by atoms with Gasteiger partial charge in [0.05, 0.1) is 27.7 Å². The van der Waals surface area contributed by atoms with E-state index in [1.54, 1.807) is 0 Å². The van der Waals surface area contributed by atoms with Crippen molar-refractivity contribution in [2.24, 2.45) is 0 Å². The van der Waals surface area contributed by atoms with Crippen LogP contribution in [-0.2, 0) is 9.52 Å². The smallest absolute Gasteiger partial charge is 0.258 e. The molecule has 1 N–H and O–H groups in total. The van der Waals surface area contributed by atoms with Gasteiger partial charge >= 0.3 is 0 Å². The summed E-state index contributed by atoms with van der Waals surface area (Å²) in [5, 5.41) is 8.59. The van der Waals surface area contributed by atoms with Crippen molar-refractivity contribution in [3.8, 4) is 0 Å². The molecule has 31 heavy (non-hydrogen) atoms. The number of nitrogens with one attached hydrogen (secondary N) is 1. The van der Waals surface area contributed by atoms with Gasteiger partial charge in [-0.25, -0.2) is 9.67 Å². The molecule has 0 bridgehead atoms. The molecule has 1 amide bonds. The van der Waals surface area contributed by atoms with Gasteiger partial charge in [-0.2, -0.15) is 5.10 Å². The molecule has 0 radical (unpaired) electrons. The van der Waals surface area contributed by atoms with E-state index in [9.17, 15) is 9.00 Å². The third kappa shape index (κ3) is 4.34. The standard InChI is InChI=1S/C23H27ClN4O2S/c1-14(2)16-5-7-17(8-6-16)26-23(29)19-13-25-22-20(21(19)24)15(3)27-28(22)18-9-11-31(4,30)12-10-18/h5-8,13-14,18H,4,9-12H2,1-3H3,(H,26,29). The average molecular weight is 459 g/mol. The quantitative estimate of drug-likeness (QED) is 0.568. The van der Waals surface area contributed by atoms with Crippen molar-refractivity contribution < 1.29 is 9.00 Å². The SMILES string of the molecule is C=S1(=O)CCC(n2nc(C)c3c(Cl)c(C(=O)Nc4ccc(C(C)C)cc4)cnc32)CC1. The van der Waals surface area contributed by atoms with E-state index in [4.69, 9.17) is 11.6 Å². The second-order valence-corrected chi connectivity index (χ2v) is 11.7. The number of carbonyl (C=O) groups excluding carboxylic acids is 1. The van der Waals surface area contributed by atoms with E-state index in [-0.39, 0.29) is 11.9 Å². The molecule has 3 heterocycles. The Morgan fingerprint density at radius 2 is 1.90 bits per heavy atom. The number of anilines is 1. The molecule has 6 nitrogen and oxygen atoms in total. The second kappa shape index (κ2) is 8.28. The van der Waals surface area contributed by atoms with Gasteiger partial charge in [-0.1, -0.05) is 37.6 Å². The van der Waals surface area contributed by atoms with Crippen molar-refractivity contribution in [1.29, 1.82) is 0 Å². The third-order valence-electron chi connectivity index (χ3n) is 5.90. The van der Waals surface area contributed by atoms with E-state index >= 15 is 0 Å². The Labute approximate surface area is 188 Å². The Kier molecular flexibility index (Phi) is 5.83. The maximum absolute atomic E-state index is 12.9. The second-order valence-electron chi connectivity index (χ2n) is 8.55. The zero-order chi connectivity index (χ0) is 22.3. The summed E-state index contributed by atoms with van der Waals surface area (Å²) in [5.41, 5.74) is 3.61. The molecule has 2 aromatic heterocycles. The Morgan fingerprint density at radius 1 is 1.26 bits per heavy atom. The number of aromatic nitrogens is 3. The van der Waals surface area contributed by atoms with Gasteiger partial charge in [-0.15, -0.1) is 0 Å². The number of hydrogen-bond donors (Lipinski definition) is 1. The van der Waals surface area contributed by atoms with Crippen LogP contribution in [0.15, 0.2) is 30.5 Å². The van der Waals surface area contributed by atoms with Crippen LogP contribution in [0.3, 0.4) is 0 Å². The summed E-state index contributed by atoms with van der Waals surface area (Å²) in [7, 11) is -1.97. The molecule has 0 spiro atoms. The van der Waals surface area contributed by atoms with Gasteiger partial charge in [-0.05, 0) is 58.8 Å². The number of amides is 1. The first-order chi connectivity index (χ1) is 14.7. The van der Waals surface area contributed by atoms with E-state index in [0.29, 0.717) is 44.7 Å². The van der Waals surface area contributed by atoms with Crippen LogP contribution >= 0.6 is 11.6 Å². The fraction of sp³-hybridized carbons (Fsp3) is 0.391. The number of fused-ring (bicyclic) bond motifs is 1. The summed E-state index contributed by atoms with van der Waals surface area (Å²) in [5.74, 6) is 5.12. The van der Waals surface area contributed by atoms with Gasteiger partial charge in [0.2, 0.25) is 0 Å². The van der Waals surface area contributed by atoms with Crippen LogP contribution in [-0.4, -0.2) is 42.3 Å². The molecule has 1 aliphatic heterocycles.